The Kier molecular flexibility index (Phi) is 8.55. The largest absolute Gasteiger partial charge is 0.335 e. The first-order valence-corrected chi connectivity index (χ1v) is 13.4. The fourth-order valence-electron chi connectivity index (χ4n) is 5.03. The number of amides is 1. The molecule has 0 aliphatic carbocycles. The van der Waals surface area contributed by atoms with Gasteiger partial charge in [0.05, 0.1) is 0 Å². The van der Waals surface area contributed by atoms with Gasteiger partial charge in [-0.15, -0.1) is 0 Å². The Labute approximate surface area is 224 Å². The molecule has 200 valence electrons. The minimum absolute atomic E-state index is 0.0606. The number of hydrogen-bond donors (Lipinski definition) is 0. The van der Waals surface area contributed by atoms with E-state index >= 15 is 4.39 Å². The molecular formula is C31H36F2N4O. The average Bonchev–Trinajstić information content (AvgIpc) is 3.13. The number of allylic oxidation sites excluding steroid dienone is 4. The van der Waals surface area contributed by atoms with Gasteiger partial charge < -0.3 is 9.80 Å². The molecule has 2 aliphatic rings. The lowest BCUT2D eigenvalue weighted by Gasteiger charge is -2.31. The molecule has 5 nitrogen and oxygen atoms in total. The molecule has 1 amide bonds. The van der Waals surface area contributed by atoms with Crippen molar-refractivity contribution < 1.29 is 13.6 Å². The third-order valence-corrected chi connectivity index (χ3v) is 7.34. The number of rotatable bonds is 5. The molecule has 2 aliphatic heterocycles. The van der Waals surface area contributed by atoms with Gasteiger partial charge in [-0.1, -0.05) is 38.0 Å². The van der Waals surface area contributed by atoms with Gasteiger partial charge in [0, 0.05) is 42.2 Å². The van der Waals surface area contributed by atoms with Gasteiger partial charge in [-0.25, -0.2) is 13.8 Å². The molecule has 1 saturated heterocycles. The van der Waals surface area contributed by atoms with E-state index in [0.717, 1.165) is 44.3 Å². The number of carbonyl (C=O) groups excluding carboxylic acids is 1. The number of halogens is 2. The van der Waals surface area contributed by atoms with Gasteiger partial charge >= 0.3 is 0 Å². The summed E-state index contributed by atoms with van der Waals surface area (Å²) in [5.74, 6) is -0.476. The van der Waals surface area contributed by atoms with Crippen LogP contribution in [0.1, 0.15) is 64.1 Å². The number of hydrogen-bond acceptors (Lipinski definition) is 4. The summed E-state index contributed by atoms with van der Waals surface area (Å²) >= 11 is 0. The molecule has 2 aromatic rings. The first-order valence-electron chi connectivity index (χ1n) is 13.4. The number of aryl methyl sites for hydroxylation is 1. The number of carbonyl (C=O) groups is 1. The number of benzene rings is 1. The summed E-state index contributed by atoms with van der Waals surface area (Å²) in [5.41, 5.74) is 3.50. The van der Waals surface area contributed by atoms with E-state index in [1.807, 2.05) is 42.8 Å². The van der Waals surface area contributed by atoms with Gasteiger partial charge in [-0.3, -0.25) is 9.78 Å². The Morgan fingerprint density at radius 1 is 1.13 bits per heavy atom. The number of nitrogens with zero attached hydrogens (tertiary/aromatic N) is 4. The van der Waals surface area contributed by atoms with Crippen LogP contribution in [0, 0.1) is 18.6 Å². The lowest BCUT2D eigenvalue weighted by Crippen LogP contribution is -2.43. The molecule has 0 radical (unpaired) electrons. The SMILES string of the molecule is C/C=C(\C=C1\N=C(C(=O)N2CCCCCC2C)C=C(CC)N1C)c1ccc(-c2nc(C)ccc2F)cc1F. The molecule has 4 rings (SSSR count). The minimum Gasteiger partial charge on any atom is -0.335 e. The summed E-state index contributed by atoms with van der Waals surface area (Å²) in [7, 11) is 1.90. The first kappa shape index (κ1) is 27.4. The molecule has 1 fully saturated rings. The molecule has 7 heteroatoms. The van der Waals surface area contributed by atoms with Gasteiger partial charge in [-0.05, 0) is 76.0 Å². The monoisotopic (exact) mass is 518 g/mol. The Morgan fingerprint density at radius 2 is 1.92 bits per heavy atom. The van der Waals surface area contributed by atoms with Crippen LogP contribution in [0.5, 0.6) is 0 Å². The molecule has 1 aromatic heterocycles. The molecule has 0 saturated carbocycles. The van der Waals surface area contributed by atoms with Crippen molar-refractivity contribution in [1.82, 2.24) is 14.8 Å². The van der Waals surface area contributed by atoms with E-state index in [1.165, 1.54) is 12.1 Å². The summed E-state index contributed by atoms with van der Waals surface area (Å²) in [6.07, 6.45) is 10.4. The lowest BCUT2D eigenvalue weighted by molar-refractivity contribution is -0.125. The van der Waals surface area contributed by atoms with E-state index in [9.17, 15) is 9.18 Å². The van der Waals surface area contributed by atoms with Crippen LogP contribution in [0.15, 0.2) is 65.1 Å². The van der Waals surface area contributed by atoms with E-state index < -0.39 is 11.6 Å². The fourth-order valence-corrected chi connectivity index (χ4v) is 5.03. The number of pyridine rings is 1. The van der Waals surface area contributed by atoms with Crippen LogP contribution in [-0.4, -0.2) is 46.0 Å². The zero-order valence-electron chi connectivity index (χ0n) is 22.9. The summed E-state index contributed by atoms with van der Waals surface area (Å²) in [4.78, 5) is 26.4. The quantitative estimate of drug-likeness (QED) is 0.426. The molecule has 1 unspecified atom stereocenters. The van der Waals surface area contributed by atoms with Gasteiger partial charge in [0.1, 0.15) is 28.9 Å². The number of aromatic nitrogens is 1. The molecule has 0 N–H and O–H groups in total. The van der Waals surface area contributed by atoms with Crippen LogP contribution in [0.2, 0.25) is 0 Å². The zero-order chi connectivity index (χ0) is 27.4. The highest BCUT2D eigenvalue weighted by Gasteiger charge is 2.28. The highest BCUT2D eigenvalue weighted by atomic mass is 19.1. The van der Waals surface area contributed by atoms with E-state index in [0.29, 0.717) is 33.9 Å². The second-order valence-corrected chi connectivity index (χ2v) is 9.97. The molecule has 1 atom stereocenters. The van der Waals surface area contributed by atoms with Crippen molar-refractivity contribution in [2.45, 2.75) is 65.8 Å². The van der Waals surface area contributed by atoms with Crippen LogP contribution in [0.25, 0.3) is 16.8 Å². The van der Waals surface area contributed by atoms with E-state index in [1.54, 1.807) is 31.2 Å². The predicted octanol–water partition coefficient (Wildman–Crippen LogP) is 7.05. The minimum atomic E-state index is -0.496. The third kappa shape index (κ3) is 5.77. The van der Waals surface area contributed by atoms with Crippen molar-refractivity contribution in [3.63, 3.8) is 0 Å². The van der Waals surface area contributed by atoms with Crippen molar-refractivity contribution in [3.8, 4) is 11.3 Å². The topological polar surface area (TPSA) is 48.8 Å². The van der Waals surface area contributed by atoms with E-state index in [-0.39, 0.29) is 17.6 Å². The van der Waals surface area contributed by atoms with Crippen molar-refractivity contribution in [3.05, 3.63) is 83.0 Å². The normalized spacial score (nSPS) is 19.8. The van der Waals surface area contributed by atoms with Crippen LogP contribution in [-0.2, 0) is 4.79 Å². The van der Waals surface area contributed by atoms with Gasteiger partial charge in [0.25, 0.3) is 5.91 Å². The van der Waals surface area contributed by atoms with Crippen molar-refractivity contribution >= 4 is 17.2 Å². The zero-order valence-corrected chi connectivity index (χ0v) is 22.9. The Morgan fingerprint density at radius 3 is 2.63 bits per heavy atom. The van der Waals surface area contributed by atoms with Crippen molar-refractivity contribution in [1.29, 1.82) is 0 Å². The van der Waals surface area contributed by atoms with Crippen molar-refractivity contribution in [2.24, 2.45) is 4.99 Å². The number of likely N-dealkylation sites (tertiary alicyclic amines) is 1. The molecule has 1 aromatic carbocycles. The van der Waals surface area contributed by atoms with Crippen LogP contribution in [0.4, 0.5) is 8.78 Å². The summed E-state index contributed by atoms with van der Waals surface area (Å²) < 4.78 is 29.7. The van der Waals surface area contributed by atoms with E-state index in [4.69, 9.17) is 4.99 Å². The van der Waals surface area contributed by atoms with Gasteiger partial charge in [0.15, 0.2) is 0 Å². The average molecular weight is 519 g/mol. The molecule has 38 heavy (non-hydrogen) atoms. The molecule has 0 spiro atoms. The maximum atomic E-state index is 15.4. The first-order chi connectivity index (χ1) is 18.2. The highest BCUT2D eigenvalue weighted by molar-refractivity contribution is 6.43. The molecular weight excluding hydrogens is 482 g/mol. The molecule has 3 heterocycles. The van der Waals surface area contributed by atoms with Crippen molar-refractivity contribution in [2.75, 3.05) is 13.6 Å². The Balaban J connectivity index is 1.69. The van der Waals surface area contributed by atoms with Crippen LogP contribution < -0.4 is 0 Å². The summed E-state index contributed by atoms with van der Waals surface area (Å²) in [6, 6.07) is 7.71. The van der Waals surface area contributed by atoms with E-state index in [2.05, 4.69) is 11.9 Å². The standard InChI is InChI=1S/C31H36F2N4O/c1-6-22(25-14-13-23(17-27(25)33)30-26(32)15-12-20(3)34-30)18-29-35-28(19-24(7-2)36(29)5)31(38)37-16-10-8-9-11-21(37)4/h6,12-15,17-19,21H,7-11,16H2,1-5H3/b22-6+,29-18-. The predicted molar refractivity (Wildman–Crippen MR) is 149 cm³/mol. The van der Waals surface area contributed by atoms with Crippen LogP contribution >= 0.6 is 0 Å². The maximum absolute atomic E-state index is 15.4. The Hall–Kier alpha value is -3.61. The maximum Gasteiger partial charge on any atom is 0.272 e. The third-order valence-electron chi connectivity index (χ3n) is 7.34. The fraction of sp³-hybridized carbons (Fsp3) is 0.387. The van der Waals surface area contributed by atoms with Crippen LogP contribution in [0.3, 0.4) is 0 Å². The summed E-state index contributed by atoms with van der Waals surface area (Å²) in [5, 5.41) is 0. The summed E-state index contributed by atoms with van der Waals surface area (Å²) in [6.45, 7) is 8.47. The van der Waals surface area contributed by atoms with Gasteiger partial charge in [0.2, 0.25) is 0 Å². The second-order valence-electron chi connectivity index (χ2n) is 9.97. The highest BCUT2D eigenvalue weighted by Crippen LogP contribution is 2.30. The second kappa shape index (κ2) is 11.8. The van der Waals surface area contributed by atoms with Gasteiger partial charge in [-0.2, -0.15) is 0 Å². The lowest BCUT2D eigenvalue weighted by atomic mass is 10.0. The molecule has 0 bridgehead atoms. The Bertz CT molecular complexity index is 1340. The smallest absolute Gasteiger partial charge is 0.272 e. The number of aliphatic imine (C=N–C) groups is 1.